The number of rotatable bonds is 3. The molecule has 0 saturated carbocycles. The molecule has 5 nitrogen and oxygen atoms in total. The first-order valence-electron chi connectivity index (χ1n) is 5.22. The van der Waals surface area contributed by atoms with E-state index in [2.05, 4.69) is 9.69 Å². The number of nitrogens with one attached hydrogen (secondary N) is 1. The molecule has 0 aromatic carbocycles. The van der Waals surface area contributed by atoms with Gasteiger partial charge >= 0.3 is 5.97 Å². The van der Waals surface area contributed by atoms with Gasteiger partial charge in [0.25, 0.3) is 0 Å². The molecule has 1 saturated heterocycles. The largest absolute Gasteiger partial charge is 0.478 e. The van der Waals surface area contributed by atoms with Gasteiger partial charge in [-0.05, 0) is 31.3 Å². The molecule has 1 aromatic heterocycles. The number of carbonyl (C=O) groups is 1. The number of carboxylic acids is 1. The molecular weight excluding hydrogens is 228 g/mol. The summed E-state index contributed by atoms with van der Waals surface area (Å²) >= 11 is 1.22. The molecule has 0 atom stereocenters. The molecule has 1 aromatic rings. The van der Waals surface area contributed by atoms with Crippen LogP contribution in [0.4, 0.5) is 5.00 Å². The first-order valence-corrected chi connectivity index (χ1v) is 5.99. The summed E-state index contributed by atoms with van der Waals surface area (Å²) in [6, 6.07) is 0.298. The van der Waals surface area contributed by atoms with Gasteiger partial charge in [-0.15, -0.1) is 0 Å². The normalized spacial score (nSPS) is 17.3. The SMILES string of the molecule is Cc1nsc(NC2CCOCC2)c1C(=O)O. The Morgan fingerprint density at radius 2 is 2.25 bits per heavy atom. The van der Waals surface area contributed by atoms with Crippen molar-refractivity contribution in [1.29, 1.82) is 0 Å². The third kappa shape index (κ3) is 2.33. The predicted molar refractivity (Wildman–Crippen MR) is 61.3 cm³/mol. The number of hydrogen-bond acceptors (Lipinski definition) is 5. The van der Waals surface area contributed by atoms with Crippen molar-refractivity contribution in [3.05, 3.63) is 11.3 Å². The maximum atomic E-state index is 11.0. The van der Waals surface area contributed by atoms with E-state index >= 15 is 0 Å². The lowest BCUT2D eigenvalue weighted by atomic mass is 10.1. The van der Waals surface area contributed by atoms with Crippen LogP contribution in [0.25, 0.3) is 0 Å². The molecule has 0 unspecified atom stereocenters. The molecule has 0 spiro atoms. The molecule has 88 valence electrons. The summed E-state index contributed by atoms with van der Waals surface area (Å²) in [4.78, 5) is 11.0. The van der Waals surface area contributed by atoms with Gasteiger partial charge in [0, 0.05) is 19.3 Å². The van der Waals surface area contributed by atoms with Crippen molar-refractivity contribution in [3.63, 3.8) is 0 Å². The topological polar surface area (TPSA) is 71.5 Å². The van der Waals surface area contributed by atoms with Crippen molar-refractivity contribution in [2.45, 2.75) is 25.8 Å². The molecule has 0 bridgehead atoms. The fourth-order valence-electron chi connectivity index (χ4n) is 1.75. The highest BCUT2D eigenvalue weighted by atomic mass is 32.1. The van der Waals surface area contributed by atoms with E-state index in [9.17, 15) is 4.79 Å². The lowest BCUT2D eigenvalue weighted by molar-refractivity contribution is 0.0697. The molecule has 2 rings (SSSR count). The maximum absolute atomic E-state index is 11.0. The fourth-order valence-corrected chi connectivity index (χ4v) is 2.61. The zero-order valence-electron chi connectivity index (χ0n) is 9.02. The molecule has 1 aliphatic heterocycles. The van der Waals surface area contributed by atoms with Crippen molar-refractivity contribution >= 4 is 22.5 Å². The van der Waals surface area contributed by atoms with Crippen molar-refractivity contribution in [2.75, 3.05) is 18.5 Å². The fraction of sp³-hybridized carbons (Fsp3) is 0.600. The first-order chi connectivity index (χ1) is 7.68. The molecule has 2 heterocycles. The highest BCUT2D eigenvalue weighted by Gasteiger charge is 2.21. The van der Waals surface area contributed by atoms with Crippen LogP contribution in [0, 0.1) is 6.92 Å². The Balaban J connectivity index is 2.11. The summed E-state index contributed by atoms with van der Waals surface area (Å²) in [6.45, 7) is 3.19. The van der Waals surface area contributed by atoms with E-state index in [1.54, 1.807) is 6.92 Å². The Bertz CT molecular complexity index is 385. The molecule has 1 fully saturated rings. The molecule has 6 heteroatoms. The number of aryl methyl sites for hydroxylation is 1. The predicted octanol–water partition coefficient (Wildman–Crippen LogP) is 1.74. The molecule has 0 aliphatic carbocycles. The minimum atomic E-state index is -0.916. The van der Waals surface area contributed by atoms with Crippen molar-refractivity contribution < 1.29 is 14.6 Å². The molecular formula is C10H14N2O3S. The van der Waals surface area contributed by atoms with Crippen LogP contribution in [0.15, 0.2) is 0 Å². The molecule has 0 radical (unpaired) electrons. The molecule has 16 heavy (non-hydrogen) atoms. The second-order valence-electron chi connectivity index (χ2n) is 3.81. The molecule has 2 N–H and O–H groups in total. The van der Waals surface area contributed by atoms with Gasteiger partial charge in [-0.3, -0.25) is 0 Å². The van der Waals surface area contributed by atoms with Crippen LogP contribution in [0.5, 0.6) is 0 Å². The minimum absolute atomic E-state index is 0.298. The smallest absolute Gasteiger partial charge is 0.340 e. The van der Waals surface area contributed by atoms with Crippen LogP contribution in [0.3, 0.4) is 0 Å². The lowest BCUT2D eigenvalue weighted by Gasteiger charge is -2.23. The average Bonchev–Trinajstić information content (AvgIpc) is 2.61. The zero-order valence-corrected chi connectivity index (χ0v) is 9.84. The third-order valence-electron chi connectivity index (χ3n) is 2.63. The number of carboxylic acid groups (broad SMARTS) is 1. The van der Waals surface area contributed by atoms with Gasteiger partial charge in [-0.25, -0.2) is 4.79 Å². The van der Waals surface area contributed by atoms with Crippen molar-refractivity contribution in [1.82, 2.24) is 4.37 Å². The van der Waals surface area contributed by atoms with Gasteiger partial charge in [0.15, 0.2) is 0 Å². The van der Waals surface area contributed by atoms with Crippen LogP contribution in [-0.2, 0) is 4.74 Å². The van der Waals surface area contributed by atoms with E-state index in [0.717, 1.165) is 26.1 Å². The highest BCUT2D eigenvalue weighted by molar-refractivity contribution is 7.10. The summed E-state index contributed by atoms with van der Waals surface area (Å²) in [7, 11) is 0. The second kappa shape index (κ2) is 4.80. The van der Waals surface area contributed by atoms with E-state index in [0.29, 0.717) is 22.3 Å². The van der Waals surface area contributed by atoms with E-state index in [1.165, 1.54) is 11.5 Å². The van der Waals surface area contributed by atoms with Gasteiger partial charge in [-0.1, -0.05) is 0 Å². The van der Waals surface area contributed by atoms with Crippen LogP contribution in [0.2, 0.25) is 0 Å². The van der Waals surface area contributed by atoms with Crippen LogP contribution < -0.4 is 5.32 Å². The first kappa shape index (κ1) is 11.3. The Kier molecular flexibility index (Phi) is 3.40. The minimum Gasteiger partial charge on any atom is -0.478 e. The van der Waals surface area contributed by atoms with Gasteiger partial charge in [0.05, 0.1) is 5.69 Å². The van der Waals surface area contributed by atoms with Gasteiger partial charge in [0.2, 0.25) is 0 Å². The van der Waals surface area contributed by atoms with Gasteiger partial charge in [-0.2, -0.15) is 4.37 Å². The average molecular weight is 242 g/mol. The third-order valence-corrected chi connectivity index (χ3v) is 3.50. The van der Waals surface area contributed by atoms with Crippen LogP contribution >= 0.6 is 11.5 Å². The second-order valence-corrected chi connectivity index (χ2v) is 4.58. The van der Waals surface area contributed by atoms with Crippen LogP contribution in [-0.4, -0.2) is 34.7 Å². The summed E-state index contributed by atoms with van der Waals surface area (Å²) in [5.74, 6) is -0.916. The van der Waals surface area contributed by atoms with E-state index < -0.39 is 5.97 Å². The van der Waals surface area contributed by atoms with Crippen LogP contribution in [0.1, 0.15) is 28.9 Å². The number of ether oxygens (including phenoxy) is 1. The number of aromatic nitrogens is 1. The van der Waals surface area contributed by atoms with E-state index in [-0.39, 0.29) is 0 Å². The number of nitrogens with zero attached hydrogens (tertiary/aromatic N) is 1. The van der Waals surface area contributed by atoms with E-state index in [4.69, 9.17) is 9.84 Å². The van der Waals surface area contributed by atoms with E-state index in [1.807, 2.05) is 0 Å². The summed E-state index contributed by atoms with van der Waals surface area (Å²) in [5, 5.41) is 13.0. The Labute approximate surface area is 97.6 Å². The lowest BCUT2D eigenvalue weighted by Crippen LogP contribution is -2.28. The summed E-state index contributed by atoms with van der Waals surface area (Å²) in [6.07, 6.45) is 1.83. The molecule has 0 amide bonds. The monoisotopic (exact) mass is 242 g/mol. The van der Waals surface area contributed by atoms with Crippen molar-refractivity contribution in [3.8, 4) is 0 Å². The quantitative estimate of drug-likeness (QED) is 0.844. The summed E-state index contributed by atoms with van der Waals surface area (Å²) < 4.78 is 9.32. The van der Waals surface area contributed by atoms with Gasteiger partial charge < -0.3 is 15.2 Å². The maximum Gasteiger partial charge on any atom is 0.340 e. The molecule has 1 aliphatic rings. The highest BCUT2D eigenvalue weighted by Crippen LogP contribution is 2.26. The standard InChI is InChI=1S/C10H14N2O3S/c1-6-8(10(13)14)9(16-12-6)11-7-2-4-15-5-3-7/h7,11H,2-5H2,1H3,(H,13,14). The number of hydrogen-bond donors (Lipinski definition) is 2. The van der Waals surface area contributed by atoms with Gasteiger partial charge in [0.1, 0.15) is 10.6 Å². The Morgan fingerprint density at radius 3 is 2.88 bits per heavy atom. The Morgan fingerprint density at radius 1 is 1.56 bits per heavy atom. The Hall–Kier alpha value is -1.14. The zero-order chi connectivity index (χ0) is 11.5. The summed E-state index contributed by atoms with van der Waals surface area (Å²) in [5.41, 5.74) is 0.878. The number of anilines is 1. The number of aromatic carboxylic acids is 1. The van der Waals surface area contributed by atoms with Crippen molar-refractivity contribution in [2.24, 2.45) is 0 Å².